The zero-order chi connectivity index (χ0) is 18.2. The normalized spacial score (nSPS) is 13.7. The molecule has 0 heterocycles. The van der Waals surface area contributed by atoms with Crippen LogP contribution >= 0.6 is 0 Å². The molecule has 0 aliphatic rings. The first-order valence-corrected chi connectivity index (χ1v) is 7.65. The molecule has 0 saturated heterocycles. The molecule has 0 N–H and O–H groups in total. The van der Waals surface area contributed by atoms with Gasteiger partial charge in [0.05, 0.1) is 7.11 Å². The van der Waals surface area contributed by atoms with Gasteiger partial charge in [0.15, 0.2) is 5.83 Å². The van der Waals surface area contributed by atoms with E-state index >= 15 is 0 Å². The molecule has 1 nitrogen and oxygen atoms in total. The van der Waals surface area contributed by atoms with Crippen LogP contribution < -0.4 is 0 Å². The summed E-state index contributed by atoms with van der Waals surface area (Å²) in [5.41, 5.74) is 1.06. The van der Waals surface area contributed by atoms with E-state index in [1.807, 2.05) is 0 Å². The molecule has 0 rings (SSSR count). The quantitative estimate of drug-likeness (QED) is 0.325. The highest BCUT2D eigenvalue weighted by atomic mass is 19.2. The van der Waals surface area contributed by atoms with Crippen molar-refractivity contribution < 1.29 is 13.5 Å². The zero-order valence-electron chi connectivity index (χ0n) is 14.7. The van der Waals surface area contributed by atoms with Crippen LogP contribution in [-0.2, 0) is 4.74 Å². The van der Waals surface area contributed by atoms with Crippen molar-refractivity contribution in [1.82, 2.24) is 0 Å². The van der Waals surface area contributed by atoms with E-state index in [0.29, 0.717) is 11.8 Å². The molecule has 0 saturated carbocycles. The Labute approximate surface area is 139 Å². The summed E-state index contributed by atoms with van der Waals surface area (Å²) in [6.45, 7) is 21.0. The minimum Gasteiger partial charge on any atom is -0.494 e. The second-order valence-corrected chi connectivity index (χ2v) is 6.04. The van der Waals surface area contributed by atoms with E-state index in [1.165, 1.54) is 7.11 Å². The van der Waals surface area contributed by atoms with Crippen molar-refractivity contribution in [3.8, 4) is 0 Å². The van der Waals surface area contributed by atoms with Gasteiger partial charge in [-0.3, -0.25) is 0 Å². The lowest BCUT2D eigenvalue weighted by Gasteiger charge is -2.13. The summed E-state index contributed by atoms with van der Waals surface area (Å²) >= 11 is 0. The van der Waals surface area contributed by atoms with E-state index in [1.54, 1.807) is 12.2 Å². The highest BCUT2D eigenvalue weighted by Crippen LogP contribution is 2.27. The van der Waals surface area contributed by atoms with Crippen LogP contribution in [0.1, 0.15) is 33.6 Å². The van der Waals surface area contributed by atoms with Gasteiger partial charge in [-0.25, -0.2) is 4.39 Å². The number of hydrogen-bond acceptors (Lipinski definition) is 1. The van der Waals surface area contributed by atoms with Gasteiger partial charge in [-0.2, -0.15) is 4.39 Å². The minimum atomic E-state index is -1.17. The fourth-order valence-electron chi connectivity index (χ4n) is 1.73. The molecule has 0 aliphatic carbocycles. The Hall–Kier alpha value is -1.90. The van der Waals surface area contributed by atoms with Crippen molar-refractivity contribution >= 4 is 0 Å². The first-order chi connectivity index (χ1) is 10.6. The molecule has 0 aromatic heterocycles. The topological polar surface area (TPSA) is 9.23 Å². The highest BCUT2D eigenvalue weighted by Gasteiger charge is 2.15. The SMILES string of the molecule is C=C(/C=C\C(=C)C(C)CCC(C)C)C(=C)/C(F)=C(/F)C(=C)OC. The van der Waals surface area contributed by atoms with Gasteiger partial charge < -0.3 is 4.74 Å². The average Bonchev–Trinajstić information content (AvgIpc) is 2.53. The van der Waals surface area contributed by atoms with E-state index in [-0.39, 0.29) is 16.9 Å². The molecule has 1 atom stereocenters. The van der Waals surface area contributed by atoms with Gasteiger partial charge in [0, 0.05) is 5.57 Å². The zero-order valence-corrected chi connectivity index (χ0v) is 14.7. The molecule has 0 aromatic rings. The first kappa shape index (κ1) is 21.1. The summed E-state index contributed by atoms with van der Waals surface area (Å²) in [5, 5.41) is 0. The maximum atomic E-state index is 13.9. The van der Waals surface area contributed by atoms with E-state index in [4.69, 9.17) is 0 Å². The third-order valence-corrected chi connectivity index (χ3v) is 3.65. The maximum Gasteiger partial charge on any atom is 0.200 e. The average molecular weight is 322 g/mol. The molecule has 0 bridgehead atoms. The monoisotopic (exact) mass is 322 g/mol. The summed E-state index contributed by atoms with van der Waals surface area (Å²) in [5.74, 6) is -1.71. The molecule has 23 heavy (non-hydrogen) atoms. The molecule has 0 fully saturated rings. The number of ether oxygens (including phenoxy) is 1. The fourth-order valence-corrected chi connectivity index (χ4v) is 1.73. The fraction of sp³-hybridized carbons (Fsp3) is 0.400. The number of hydrogen-bond donors (Lipinski definition) is 0. The maximum absolute atomic E-state index is 13.9. The molecule has 0 spiro atoms. The van der Waals surface area contributed by atoms with E-state index in [2.05, 4.69) is 51.8 Å². The number of methoxy groups -OCH3 is 1. The van der Waals surface area contributed by atoms with Crippen LogP contribution in [0.25, 0.3) is 0 Å². The molecule has 0 aliphatic heterocycles. The Morgan fingerprint density at radius 3 is 2.00 bits per heavy atom. The Kier molecular flexibility index (Phi) is 9.16. The number of allylic oxidation sites excluding steroid dienone is 7. The molecule has 0 radical (unpaired) electrons. The first-order valence-electron chi connectivity index (χ1n) is 7.65. The van der Waals surface area contributed by atoms with Gasteiger partial charge in [0.25, 0.3) is 0 Å². The molecular formula is C20H28F2O. The van der Waals surface area contributed by atoms with Crippen LogP contribution in [0.5, 0.6) is 0 Å². The smallest absolute Gasteiger partial charge is 0.200 e. The predicted molar refractivity (Wildman–Crippen MR) is 95.2 cm³/mol. The summed E-state index contributed by atoms with van der Waals surface area (Å²) in [7, 11) is 1.22. The molecule has 0 aromatic carbocycles. The van der Waals surface area contributed by atoms with Crippen molar-refractivity contribution in [2.24, 2.45) is 11.8 Å². The molecule has 1 unspecified atom stereocenters. The van der Waals surface area contributed by atoms with Gasteiger partial charge in [-0.1, -0.05) is 71.2 Å². The second-order valence-electron chi connectivity index (χ2n) is 6.04. The van der Waals surface area contributed by atoms with Crippen molar-refractivity contribution in [2.45, 2.75) is 33.6 Å². The lowest BCUT2D eigenvalue weighted by molar-refractivity contribution is 0.281. The minimum absolute atomic E-state index is 0.139. The van der Waals surface area contributed by atoms with Crippen LogP contribution in [0.4, 0.5) is 8.78 Å². The highest BCUT2D eigenvalue weighted by molar-refractivity contribution is 5.49. The molecular weight excluding hydrogens is 294 g/mol. The third-order valence-electron chi connectivity index (χ3n) is 3.65. The van der Waals surface area contributed by atoms with Crippen molar-refractivity contribution in [1.29, 1.82) is 0 Å². The largest absolute Gasteiger partial charge is 0.494 e. The van der Waals surface area contributed by atoms with Gasteiger partial charge in [-0.15, -0.1) is 0 Å². The number of rotatable bonds is 10. The van der Waals surface area contributed by atoms with Crippen molar-refractivity contribution in [3.63, 3.8) is 0 Å². The molecule has 0 amide bonds. The lowest BCUT2D eigenvalue weighted by atomic mass is 9.93. The Morgan fingerprint density at radius 2 is 1.52 bits per heavy atom. The van der Waals surface area contributed by atoms with E-state index < -0.39 is 11.7 Å². The van der Waals surface area contributed by atoms with Crippen LogP contribution in [0.2, 0.25) is 0 Å². The van der Waals surface area contributed by atoms with E-state index in [9.17, 15) is 8.78 Å². The van der Waals surface area contributed by atoms with Gasteiger partial charge in [-0.05, 0) is 23.8 Å². The van der Waals surface area contributed by atoms with E-state index in [0.717, 1.165) is 18.4 Å². The van der Waals surface area contributed by atoms with Gasteiger partial charge >= 0.3 is 0 Å². The van der Waals surface area contributed by atoms with Crippen molar-refractivity contribution in [2.75, 3.05) is 7.11 Å². The van der Waals surface area contributed by atoms with Crippen LogP contribution in [0.3, 0.4) is 0 Å². The third kappa shape index (κ3) is 7.27. The molecule has 3 heteroatoms. The van der Waals surface area contributed by atoms with Gasteiger partial charge in [0.2, 0.25) is 5.83 Å². The Balaban J connectivity index is 4.84. The van der Waals surface area contributed by atoms with Gasteiger partial charge in [0.1, 0.15) is 5.76 Å². The lowest BCUT2D eigenvalue weighted by Crippen LogP contribution is -1.99. The predicted octanol–water partition coefficient (Wildman–Crippen LogP) is 6.59. The van der Waals surface area contributed by atoms with Crippen LogP contribution in [0, 0.1) is 11.8 Å². The standard InChI is InChI=1S/C20H28F2O/c1-13(2)9-10-14(3)15(4)11-12-16(5)17(6)19(21)20(22)18(7)23-8/h11-14H,4-7,9-10H2,1-3,8H3/b12-11-,20-19-. The summed E-state index contributed by atoms with van der Waals surface area (Å²) in [6, 6.07) is 0. The summed E-state index contributed by atoms with van der Waals surface area (Å²) in [6.07, 6.45) is 5.52. The Bertz CT molecular complexity index is 536. The second kappa shape index (κ2) is 9.98. The Morgan fingerprint density at radius 1 is 0.957 bits per heavy atom. The van der Waals surface area contributed by atoms with Crippen LogP contribution in [0.15, 0.2) is 72.6 Å². The van der Waals surface area contributed by atoms with Crippen LogP contribution in [-0.4, -0.2) is 7.11 Å². The number of halogens is 2. The summed E-state index contributed by atoms with van der Waals surface area (Å²) < 4.78 is 32.1. The van der Waals surface area contributed by atoms with Crippen molar-refractivity contribution in [3.05, 3.63) is 72.6 Å². The summed E-state index contributed by atoms with van der Waals surface area (Å²) in [4.78, 5) is 0. The molecule has 128 valence electrons.